The van der Waals surface area contributed by atoms with E-state index in [0.717, 1.165) is 24.2 Å². The lowest BCUT2D eigenvalue weighted by molar-refractivity contribution is -0.141. The van der Waals surface area contributed by atoms with Crippen molar-refractivity contribution in [2.45, 2.75) is 39.7 Å². The van der Waals surface area contributed by atoms with Crippen molar-refractivity contribution in [3.63, 3.8) is 0 Å². The molecule has 6 nitrogen and oxygen atoms in total. The summed E-state index contributed by atoms with van der Waals surface area (Å²) in [5.41, 5.74) is 3.00. The molecule has 0 spiro atoms. The van der Waals surface area contributed by atoms with E-state index in [0.29, 0.717) is 22.8 Å². The van der Waals surface area contributed by atoms with Crippen molar-refractivity contribution in [2.75, 3.05) is 13.1 Å². The van der Waals surface area contributed by atoms with Crippen LogP contribution in [0.15, 0.2) is 24.3 Å². The molecule has 1 N–H and O–H groups in total. The summed E-state index contributed by atoms with van der Waals surface area (Å²) in [7, 11) is 0. The number of hydrogen-bond acceptors (Lipinski definition) is 3. The van der Waals surface area contributed by atoms with Crippen molar-refractivity contribution in [2.24, 2.45) is 5.92 Å². The molecule has 3 rings (SSSR count). The maximum atomic E-state index is 13.2. The molecular formula is C20H24ClN3O3. The van der Waals surface area contributed by atoms with Gasteiger partial charge in [0.2, 0.25) is 0 Å². The van der Waals surface area contributed by atoms with E-state index in [1.165, 1.54) is 0 Å². The lowest BCUT2D eigenvalue weighted by Crippen LogP contribution is -2.30. The summed E-state index contributed by atoms with van der Waals surface area (Å²) in [5.74, 6) is -1.92. The monoisotopic (exact) mass is 389 g/mol. The molecular weight excluding hydrogens is 366 g/mol. The molecule has 1 fully saturated rings. The highest BCUT2D eigenvalue weighted by Crippen LogP contribution is 2.34. The summed E-state index contributed by atoms with van der Waals surface area (Å²) in [5, 5.41) is 14.7. The molecule has 1 aliphatic heterocycles. The summed E-state index contributed by atoms with van der Waals surface area (Å²) < 4.78 is 1.85. The van der Waals surface area contributed by atoms with E-state index in [-0.39, 0.29) is 18.4 Å². The number of benzene rings is 1. The Morgan fingerprint density at radius 3 is 2.48 bits per heavy atom. The van der Waals surface area contributed by atoms with Crippen LogP contribution in [0, 0.1) is 19.8 Å². The maximum Gasteiger partial charge on any atom is 0.308 e. The third kappa shape index (κ3) is 3.72. The van der Waals surface area contributed by atoms with Crippen molar-refractivity contribution in [3.05, 3.63) is 51.8 Å². The molecule has 7 heteroatoms. The third-order valence-electron chi connectivity index (χ3n) is 5.25. The number of hydrogen-bond donors (Lipinski definition) is 1. The predicted molar refractivity (Wildman–Crippen MR) is 103 cm³/mol. The highest BCUT2D eigenvalue weighted by molar-refractivity contribution is 6.30. The van der Waals surface area contributed by atoms with Crippen molar-refractivity contribution in [1.82, 2.24) is 14.7 Å². The molecule has 0 saturated carbocycles. The van der Waals surface area contributed by atoms with E-state index in [1.807, 2.05) is 30.7 Å². The number of aromatic nitrogens is 2. The molecule has 0 bridgehead atoms. The minimum atomic E-state index is -0.889. The molecule has 1 aromatic carbocycles. The van der Waals surface area contributed by atoms with Gasteiger partial charge in [-0.25, -0.2) is 0 Å². The minimum Gasteiger partial charge on any atom is -0.481 e. The van der Waals surface area contributed by atoms with Gasteiger partial charge in [0, 0.05) is 36.3 Å². The number of likely N-dealkylation sites (tertiary alicyclic amines) is 1. The molecule has 1 aromatic heterocycles. The van der Waals surface area contributed by atoms with E-state index in [4.69, 9.17) is 11.6 Å². The molecule has 2 aromatic rings. The number of carbonyl (C=O) groups is 2. The van der Waals surface area contributed by atoms with Crippen molar-refractivity contribution >= 4 is 23.5 Å². The van der Waals surface area contributed by atoms with Gasteiger partial charge in [-0.15, -0.1) is 0 Å². The number of nitrogens with zero attached hydrogens (tertiary/aromatic N) is 3. The Labute approximate surface area is 163 Å². The zero-order valence-corrected chi connectivity index (χ0v) is 16.5. The molecule has 27 heavy (non-hydrogen) atoms. The van der Waals surface area contributed by atoms with Gasteiger partial charge in [0.1, 0.15) is 0 Å². The second-order valence-electron chi connectivity index (χ2n) is 7.08. The van der Waals surface area contributed by atoms with Gasteiger partial charge in [-0.3, -0.25) is 14.3 Å². The van der Waals surface area contributed by atoms with E-state index < -0.39 is 11.9 Å². The van der Waals surface area contributed by atoms with E-state index in [2.05, 4.69) is 12.0 Å². The number of rotatable bonds is 5. The van der Waals surface area contributed by atoms with Gasteiger partial charge in [0.25, 0.3) is 5.91 Å². The van der Waals surface area contributed by atoms with Crippen LogP contribution in [0.1, 0.15) is 46.6 Å². The predicted octanol–water partition coefficient (Wildman–Crippen LogP) is 3.50. The Balaban J connectivity index is 1.89. The summed E-state index contributed by atoms with van der Waals surface area (Å²) in [6, 6.07) is 7.19. The Bertz CT molecular complexity index is 860. The Morgan fingerprint density at radius 1 is 1.22 bits per heavy atom. The van der Waals surface area contributed by atoms with Gasteiger partial charge in [-0.2, -0.15) is 5.10 Å². The molecule has 0 radical (unpaired) electrons. The van der Waals surface area contributed by atoms with Crippen molar-refractivity contribution in [1.29, 1.82) is 0 Å². The Kier molecular flexibility index (Phi) is 5.56. The van der Waals surface area contributed by atoms with Gasteiger partial charge in [0.15, 0.2) is 0 Å². The van der Waals surface area contributed by atoms with E-state index >= 15 is 0 Å². The van der Waals surface area contributed by atoms with E-state index in [1.54, 1.807) is 17.0 Å². The van der Waals surface area contributed by atoms with Gasteiger partial charge in [-0.1, -0.05) is 30.7 Å². The molecule has 1 amide bonds. The second kappa shape index (κ2) is 7.72. The first kappa shape index (κ1) is 19.4. The van der Waals surface area contributed by atoms with Crippen LogP contribution < -0.4 is 0 Å². The highest BCUT2D eigenvalue weighted by Gasteiger charge is 2.41. The standard InChI is InChI=1S/C20H24ClN3O3/c1-4-9-24-13(3)18(12(2)22-24)19(25)23-10-16(17(11-23)20(26)27)14-5-7-15(21)8-6-14/h5-8,16-17H,4,9-11H2,1-3H3,(H,26,27)/t16-,17+/m0/s1. The molecule has 0 unspecified atom stereocenters. The van der Waals surface area contributed by atoms with Crippen LogP contribution in [0.25, 0.3) is 0 Å². The SMILES string of the molecule is CCCn1nc(C)c(C(=O)N2C[C@@H](C(=O)O)[C@H](c3ccc(Cl)cc3)C2)c1C. The number of carbonyl (C=O) groups excluding carboxylic acids is 1. The van der Waals surface area contributed by atoms with E-state index in [9.17, 15) is 14.7 Å². The average molecular weight is 390 g/mol. The largest absolute Gasteiger partial charge is 0.481 e. The number of aliphatic carboxylic acids is 1. The Hall–Kier alpha value is -2.34. The smallest absolute Gasteiger partial charge is 0.308 e. The van der Waals surface area contributed by atoms with Crippen molar-refractivity contribution in [3.8, 4) is 0 Å². The van der Waals surface area contributed by atoms with Crippen LogP contribution in [0.2, 0.25) is 5.02 Å². The summed E-state index contributed by atoms with van der Waals surface area (Å²) >= 11 is 5.95. The third-order valence-corrected chi connectivity index (χ3v) is 5.51. The van der Waals surface area contributed by atoms with Crippen LogP contribution in [0.4, 0.5) is 0 Å². The first-order valence-electron chi connectivity index (χ1n) is 9.15. The number of aryl methyl sites for hydroxylation is 2. The molecule has 144 valence electrons. The molecule has 1 aliphatic rings. The van der Waals surface area contributed by atoms with Gasteiger partial charge in [0.05, 0.1) is 17.2 Å². The normalized spacial score (nSPS) is 19.5. The van der Waals surface area contributed by atoms with Crippen LogP contribution in [-0.4, -0.2) is 44.8 Å². The van der Waals surface area contributed by atoms with Crippen LogP contribution >= 0.6 is 11.6 Å². The molecule has 2 heterocycles. The molecule has 0 aliphatic carbocycles. The van der Waals surface area contributed by atoms with Crippen LogP contribution in [0.5, 0.6) is 0 Å². The van der Waals surface area contributed by atoms with Gasteiger partial charge < -0.3 is 10.0 Å². The van der Waals surface area contributed by atoms with Crippen molar-refractivity contribution < 1.29 is 14.7 Å². The lowest BCUT2D eigenvalue weighted by Gasteiger charge is -2.17. The van der Waals surface area contributed by atoms with Gasteiger partial charge >= 0.3 is 5.97 Å². The van der Waals surface area contributed by atoms with Crippen LogP contribution in [0.3, 0.4) is 0 Å². The topological polar surface area (TPSA) is 75.4 Å². The second-order valence-corrected chi connectivity index (χ2v) is 7.52. The summed E-state index contributed by atoms with van der Waals surface area (Å²) in [6.07, 6.45) is 0.930. The number of carboxylic acids is 1. The lowest BCUT2D eigenvalue weighted by atomic mass is 9.89. The highest BCUT2D eigenvalue weighted by atomic mass is 35.5. The summed E-state index contributed by atoms with van der Waals surface area (Å²) in [6.45, 7) is 7.10. The fourth-order valence-electron chi connectivity index (χ4n) is 3.86. The first-order valence-corrected chi connectivity index (χ1v) is 9.52. The number of halogens is 1. The molecule has 2 atom stereocenters. The van der Waals surface area contributed by atoms with Crippen LogP contribution in [-0.2, 0) is 11.3 Å². The first-order chi connectivity index (χ1) is 12.8. The zero-order valence-electron chi connectivity index (χ0n) is 15.8. The Morgan fingerprint density at radius 2 is 1.89 bits per heavy atom. The zero-order chi connectivity index (χ0) is 19.7. The minimum absolute atomic E-state index is 0.143. The van der Waals surface area contributed by atoms with Gasteiger partial charge in [-0.05, 0) is 38.0 Å². The summed E-state index contributed by atoms with van der Waals surface area (Å²) in [4.78, 5) is 26.6. The average Bonchev–Trinajstić information content (AvgIpc) is 3.18. The number of carboxylic acid groups (broad SMARTS) is 1. The molecule has 1 saturated heterocycles. The quantitative estimate of drug-likeness (QED) is 0.849. The fraction of sp³-hybridized carbons (Fsp3) is 0.450. The fourth-order valence-corrected chi connectivity index (χ4v) is 3.99. The maximum absolute atomic E-state index is 13.2. The number of amides is 1.